The molecule has 0 aliphatic rings. The number of ether oxygens (including phenoxy) is 1. The molecule has 0 unspecified atom stereocenters. The van der Waals surface area contributed by atoms with Gasteiger partial charge in [-0.05, 0) is 43.2 Å². The fraction of sp³-hybridized carbons (Fsp3) is 0.389. The minimum absolute atomic E-state index is 0. The molecule has 24 heavy (non-hydrogen) atoms. The SMILES string of the molecule is CCNC(=NCCc1ccc(OC)cc1)NCCn1cccc1.I. The number of benzene rings is 1. The first-order valence-electron chi connectivity index (χ1n) is 8.07. The molecule has 0 aliphatic carbocycles. The number of methoxy groups -OCH3 is 1. The van der Waals surface area contributed by atoms with Gasteiger partial charge < -0.3 is 19.9 Å². The summed E-state index contributed by atoms with van der Waals surface area (Å²) in [5.41, 5.74) is 1.26. The number of guanidine groups is 1. The molecular weight excluding hydrogens is 415 g/mol. The van der Waals surface area contributed by atoms with E-state index in [9.17, 15) is 0 Å². The van der Waals surface area contributed by atoms with Gasteiger partial charge in [0.1, 0.15) is 5.75 Å². The molecule has 1 heterocycles. The van der Waals surface area contributed by atoms with E-state index in [1.165, 1.54) is 5.56 Å². The van der Waals surface area contributed by atoms with Gasteiger partial charge in [-0.15, -0.1) is 24.0 Å². The van der Waals surface area contributed by atoms with Crippen molar-refractivity contribution in [1.29, 1.82) is 0 Å². The maximum absolute atomic E-state index is 5.17. The third-order valence-corrected chi connectivity index (χ3v) is 3.50. The molecule has 132 valence electrons. The summed E-state index contributed by atoms with van der Waals surface area (Å²) in [7, 11) is 1.68. The summed E-state index contributed by atoms with van der Waals surface area (Å²) in [6.45, 7) is 5.47. The molecule has 2 N–H and O–H groups in total. The summed E-state index contributed by atoms with van der Waals surface area (Å²) < 4.78 is 7.32. The Balaban J connectivity index is 0.00000288. The Morgan fingerprint density at radius 1 is 1.12 bits per heavy atom. The highest BCUT2D eigenvalue weighted by Gasteiger charge is 1.98. The first-order chi connectivity index (χ1) is 11.3. The van der Waals surface area contributed by atoms with Crippen LogP contribution in [0.4, 0.5) is 0 Å². The van der Waals surface area contributed by atoms with Gasteiger partial charge in [-0.3, -0.25) is 4.99 Å². The smallest absolute Gasteiger partial charge is 0.191 e. The second-order valence-electron chi connectivity index (χ2n) is 5.21. The molecule has 0 aliphatic heterocycles. The van der Waals surface area contributed by atoms with Crippen molar-refractivity contribution < 1.29 is 4.74 Å². The number of hydrogen-bond acceptors (Lipinski definition) is 2. The van der Waals surface area contributed by atoms with Gasteiger partial charge in [0, 0.05) is 38.6 Å². The van der Waals surface area contributed by atoms with E-state index in [0.29, 0.717) is 0 Å². The zero-order chi connectivity index (χ0) is 16.3. The van der Waals surface area contributed by atoms with Crippen molar-refractivity contribution in [3.05, 3.63) is 54.4 Å². The van der Waals surface area contributed by atoms with Crippen LogP contribution in [0.15, 0.2) is 53.8 Å². The van der Waals surface area contributed by atoms with Gasteiger partial charge in [0.2, 0.25) is 0 Å². The highest BCUT2D eigenvalue weighted by Crippen LogP contribution is 2.11. The van der Waals surface area contributed by atoms with Crippen LogP contribution in [0.2, 0.25) is 0 Å². The number of nitrogens with zero attached hydrogens (tertiary/aromatic N) is 2. The molecular formula is C18H27IN4O. The van der Waals surface area contributed by atoms with Crippen LogP contribution in [0, 0.1) is 0 Å². The van der Waals surface area contributed by atoms with Gasteiger partial charge in [0.15, 0.2) is 5.96 Å². The van der Waals surface area contributed by atoms with Gasteiger partial charge in [0.05, 0.1) is 7.11 Å². The molecule has 0 radical (unpaired) electrons. The normalized spacial score (nSPS) is 10.8. The predicted molar refractivity (Wildman–Crippen MR) is 111 cm³/mol. The Labute approximate surface area is 161 Å². The van der Waals surface area contributed by atoms with Crippen LogP contribution in [0.5, 0.6) is 5.75 Å². The number of halogens is 1. The largest absolute Gasteiger partial charge is 0.497 e. The van der Waals surface area contributed by atoms with Crippen molar-refractivity contribution in [3.63, 3.8) is 0 Å². The lowest BCUT2D eigenvalue weighted by Gasteiger charge is -2.11. The van der Waals surface area contributed by atoms with Crippen LogP contribution < -0.4 is 15.4 Å². The Morgan fingerprint density at radius 2 is 1.83 bits per heavy atom. The van der Waals surface area contributed by atoms with Gasteiger partial charge in [-0.2, -0.15) is 0 Å². The quantitative estimate of drug-likeness (QED) is 0.376. The van der Waals surface area contributed by atoms with Gasteiger partial charge in [0.25, 0.3) is 0 Å². The Morgan fingerprint density at radius 3 is 2.46 bits per heavy atom. The van der Waals surface area contributed by atoms with E-state index in [0.717, 1.165) is 44.3 Å². The molecule has 0 saturated carbocycles. The molecule has 2 aromatic rings. The fourth-order valence-electron chi connectivity index (χ4n) is 2.25. The molecule has 1 aromatic carbocycles. The van der Waals surface area contributed by atoms with E-state index < -0.39 is 0 Å². The lowest BCUT2D eigenvalue weighted by Crippen LogP contribution is -2.39. The third kappa shape index (κ3) is 7.25. The molecule has 0 spiro atoms. The monoisotopic (exact) mass is 442 g/mol. The number of hydrogen-bond donors (Lipinski definition) is 2. The lowest BCUT2D eigenvalue weighted by molar-refractivity contribution is 0.414. The molecule has 0 bridgehead atoms. The first kappa shape index (κ1) is 20.3. The van der Waals surface area contributed by atoms with Crippen LogP contribution in [0.25, 0.3) is 0 Å². The summed E-state index contributed by atoms with van der Waals surface area (Å²) in [6, 6.07) is 12.2. The summed E-state index contributed by atoms with van der Waals surface area (Å²) >= 11 is 0. The summed E-state index contributed by atoms with van der Waals surface area (Å²) in [6.07, 6.45) is 5.04. The van der Waals surface area contributed by atoms with Gasteiger partial charge >= 0.3 is 0 Å². The van der Waals surface area contributed by atoms with Gasteiger partial charge in [-0.1, -0.05) is 12.1 Å². The Hall–Kier alpha value is -1.70. The standard InChI is InChI=1S/C18H26N4O.HI/c1-3-19-18(21-12-15-22-13-4-5-14-22)20-11-10-16-6-8-17(23-2)9-7-16;/h4-9,13-14H,3,10-12,15H2,1-2H3,(H2,19,20,21);1H. The van der Waals surface area contributed by atoms with Crippen LogP contribution in [-0.2, 0) is 13.0 Å². The van der Waals surface area contributed by atoms with E-state index in [2.05, 4.69) is 51.6 Å². The van der Waals surface area contributed by atoms with Crippen molar-refractivity contribution in [3.8, 4) is 5.75 Å². The minimum Gasteiger partial charge on any atom is -0.497 e. The zero-order valence-electron chi connectivity index (χ0n) is 14.4. The van der Waals surface area contributed by atoms with Crippen molar-refractivity contribution in [2.24, 2.45) is 4.99 Å². The number of rotatable bonds is 8. The lowest BCUT2D eigenvalue weighted by atomic mass is 10.1. The average molecular weight is 442 g/mol. The second kappa shape index (κ2) is 11.8. The van der Waals surface area contributed by atoms with E-state index in [1.54, 1.807) is 7.11 Å². The molecule has 0 saturated heterocycles. The van der Waals surface area contributed by atoms with Crippen LogP contribution in [0.1, 0.15) is 12.5 Å². The number of nitrogens with one attached hydrogen (secondary N) is 2. The topological polar surface area (TPSA) is 50.6 Å². The second-order valence-corrected chi connectivity index (χ2v) is 5.21. The molecule has 2 rings (SSSR count). The zero-order valence-corrected chi connectivity index (χ0v) is 16.7. The highest BCUT2D eigenvalue weighted by atomic mass is 127. The molecule has 0 fully saturated rings. The summed E-state index contributed by atoms with van der Waals surface area (Å²) in [5.74, 6) is 1.76. The van der Waals surface area contributed by atoms with E-state index >= 15 is 0 Å². The Kier molecular flexibility index (Phi) is 9.98. The third-order valence-electron chi connectivity index (χ3n) is 3.50. The van der Waals surface area contributed by atoms with Crippen LogP contribution in [0.3, 0.4) is 0 Å². The Bertz CT molecular complexity index is 582. The van der Waals surface area contributed by atoms with E-state index in [-0.39, 0.29) is 24.0 Å². The van der Waals surface area contributed by atoms with E-state index in [4.69, 9.17) is 4.74 Å². The maximum atomic E-state index is 5.17. The molecule has 0 amide bonds. The molecule has 6 heteroatoms. The van der Waals surface area contributed by atoms with Crippen molar-refractivity contribution in [1.82, 2.24) is 15.2 Å². The van der Waals surface area contributed by atoms with Crippen LogP contribution >= 0.6 is 24.0 Å². The highest BCUT2D eigenvalue weighted by molar-refractivity contribution is 14.0. The van der Waals surface area contributed by atoms with Crippen molar-refractivity contribution >= 4 is 29.9 Å². The predicted octanol–water partition coefficient (Wildman–Crippen LogP) is 2.91. The number of aliphatic imine (C=N–C) groups is 1. The summed E-state index contributed by atoms with van der Waals surface area (Å²) in [4.78, 5) is 4.62. The minimum atomic E-state index is 0. The summed E-state index contributed by atoms with van der Waals surface area (Å²) in [5, 5.41) is 6.64. The molecule has 0 atom stereocenters. The molecule has 5 nitrogen and oxygen atoms in total. The first-order valence-corrected chi connectivity index (χ1v) is 8.07. The van der Waals surface area contributed by atoms with Crippen LogP contribution in [-0.4, -0.2) is 37.3 Å². The van der Waals surface area contributed by atoms with Gasteiger partial charge in [-0.25, -0.2) is 0 Å². The van der Waals surface area contributed by atoms with Crippen molar-refractivity contribution in [2.75, 3.05) is 26.7 Å². The maximum Gasteiger partial charge on any atom is 0.191 e. The van der Waals surface area contributed by atoms with Crippen molar-refractivity contribution in [2.45, 2.75) is 19.9 Å². The van der Waals surface area contributed by atoms with E-state index in [1.807, 2.05) is 24.3 Å². The fourth-order valence-corrected chi connectivity index (χ4v) is 2.25. The number of aromatic nitrogens is 1. The molecule has 1 aromatic heterocycles. The average Bonchev–Trinajstić information content (AvgIpc) is 3.09.